The lowest BCUT2D eigenvalue weighted by molar-refractivity contribution is 0.249. The van der Waals surface area contributed by atoms with Crippen molar-refractivity contribution >= 4 is 21.6 Å². The van der Waals surface area contributed by atoms with Crippen molar-refractivity contribution in [3.63, 3.8) is 0 Å². The van der Waals surface area contributed by atoms with Crippen LogP contribution < -0.4 is 15.4 Å². The molecule has 1 aliphatic rings. The van der Waals surface area contributed by atoms with E-state index in [2.05, 4.69) is 10.6 Å². The molecular formula is C12H16N2O4S. The smallest absolute Gasteiger partial charge is 0.319 e. The van der Waals surface area contributed by atoms with Crippen molar-refractivity contribution in [3.05, 3.63) is 24.3 Å². The van der Waals surface area contributed by atoms with E-state index in [4.69, 9.17) is 4.74 Å². The highest BCUT2D eigenvalue weighted by Gasteiger charge is 2.28. The lowest BCUT2D eigenvalue weighted by Gasteiger charge is -2.13. The average Bonchev–Trinajstić information content (AvgIpc) is 2.69. The SMILES string of the molecule is COc1ccccc1NC(=O)N[C@H]1CCS(=O)(=O)C1. The van der Waals surface area contributed by atoms with Gasteiger partial charge in [0.2, 0.25) is 0 Å². The number of sulfone groups is 1. The standard InChI is InChI=1S/C12H16N2O4S/c1-18-11-5-3-2-4-10(11)14-12(15)13-9-6-7-19(16,17)8-9/h2-5,9H,6-8H2,1H3,(H2,13,14,15)/t9-/m0/s1. The summed E-state index contributed by atoms with van der Waals surface area (Å²) >= 11 is 0. The second-order valence-electron chi connectivity index (χ2n) is 4.40. The first-order valence-electron chi connectivity index (χ1n) is 5.91. The van der Waals surface area contributed by atoms with Crippen LogP contribution in [0.1, 0.15) is 6.42 Å². The monoisotopic (exact) mass is 284 g/mol. The van der Waals surface area contributed by atoms with Gasteiger partial charge in [0.15, 0.2) is 9.84 Å². The Balaban J connectivity index is 1.95. The van der Waals surface area contributed by atoms with Crippen LogP contribution in [0.2, 0.25) is 0 Å². The normalized spacial score (nSPS) is 20.8. The van der Waals surface area contributed by atoms with Gasteiger partial charge in [-0.25, -0.2) is 13.2 Å². The summed E-state index contributed by atoms with van der Waals surface area (Å²) in [6.07, 6.45) is 0.460. The van der Waals surface area contributed by atoms with E-state index in [0.29, 0.717) is 17.9 Å². The number of hydrogen-bond acceptors (Lipinski definition) is 4. The molecule has 0 bridgehead atoms. The number of benzene rings is 1. The average molecular weight is 284 g/mol. The number of carbonyl (C=O) groups is 1. The molecule has 1 saturated heterocycles. The fraction of sp³-hybridized carbons (Fsp3) is 0.417. The second kappa shape index (κ2) is 5.48. The van der Waals surface area contributed by atoms with E-state index >= 15 is 0 Å². The quantitative estimate of drug-likeness (QED) is 0.867. The highest BCUT2D eigenvalue weighted by molar-refractivity contribution is 7.91. The molecule has 0 unspecified atom stereocenters. The molecule has 1 fully saturated rings. The largest absolute Gasteiger partial charge is 0.495 e. The minimum absolute atomic E-state index is 0.00629. The van der Waals surface area contributed by atoms with E-state index < -0.39 is 15.9 Å². The Morgan fingerprint density at radius 3 is 2.74 bits per heavy atom. The number of nitrogens with one attached hydrogen (secondary N) is 2. The molecule has 0 aromatic heterocycles. The zero-order valence-corrected chi connectivity index (χ0v) is 11.4. The molecule has 7 heteroatoms. The van der Waals surface area contributed by atoms with Gasteiger partial charge in [-0.15, -0.1) is 0 Å². The molecule has 0 spiro atoms. The highest BCUT2D eigenvalue weighted by atomic mass is 32.2. The Labute approximate surface area is 112 Å². The van der Waals surface area contributed by atoms with Crippen LogP contribution in [0.5, 0.6) is 5.75 Å². The van der Waals surface area contributed by atoms with Crippen LogP contribution in [-0.4, -0.2) is 39.1 Å². The molecule has 6 nitrogen and oxygen atoms in total. The van der Waals surface area contributed by atoms with Gasteiger partial charge in [0.1, 0.15) is 5.75 Å². The number of rotatable bonds is 3. The Hall–Kier alpha value is -1.76. The minimum atomic E-state index is -2.99. The van der Waals surface area contributed by atoms with Crippen LogP contribution in [0.25, 0.3) is 0 Å². The summed E-state index contributed by atoms with van der Waals surface area (Å²) in [5, 5.41) is 5.30. The van der Waals surface area contributed by atoms with Crippen molar-refractivity contribution in [3.8, 4) is 5.75 Å². The summed E-state index contributed by atoms with van der Waals surface area (Å²) in [6.45, 7) is 0. The molecule has 1 aromatic rings. The van der Waals surface area contributed by atoms with Gasteiger partial charge >= 0.3 is 6.03 Å². The third-order valence-corrected chi connectivity index (χ3v) is 4.69. The lowest BCUT2D eigenvalue weighted by atomic mass is 10.2. The fourth-order valence-electron chi connectivity index (χ4n) is 2.00. The van der Waals surface area contributed by atoms with Crippen molar-refractivity contribution in [1.82, 2.24) is 5.32 Å². The maximum absolute atomic E-state index is 11.8. The Bertz CT molecular complexity index is 571. The van der Waals surface area contributed by atoms with Gasteiger partial charge in [0.25, 0.3) is 0 Å². The van der Waals surface area contributed by atoms with Gasteiger partial charge in [0, 0.05) is 6.04 Å². The van der Waals surface area contributed by atoms with Crippen LogP contribution in [0.15, 0.2) is 24.3 Å². The van der Waals surface area contributed by atoms with E-state index in [1.165, 1.54) is 7.11 Å². The summed E-state index contributed by atoms with van der Waals surface area (Å²) in [7, 11) is -1.48. The van der Waals surface area contributed by atoms with Crippen LogP contribution >= 0.6 is 0 Å². The first kappa shape index (κ1) is 13.7. The summed E-state index contributed by atoms with van der Waals surface area (Å²) in [6, 6.07) is 6.27. The van der Waals surface area contributed by atoms with Crippen molar-refractivity contribution in [2.24, 2.45) is 0 Å². The van der Waals surface area contributed by atoms with Gasteiger partial charge in [-0.3, -0.25) is 0 Å². The zero-order valence-electron chi connectivity index (χ0n) is 10.5. The molecule has 1 aromatic carbocycles. The number of anilines is 1. The number of amides is 2. The van der Waals surface area contributed by atoms with Crippen LogP contribution in [0, 0.1) is 0 Å². The molecule has 19 heavy (non-hydrogen) atoms. The zero-order chi connectivity index (χ0) is 13.9. The number of urea groups is 1. The molecule has 104 valence electrons. The molecular weight excluding hydrogens is 268 g/mol. The molecule has 1 atom stereocenters. The van der Waals surface area contributed by atoms with E-state index in [1.807, 2.05) is 0 Å². The van der Waals surface area contributed by atoms with Crippen molar-refractivity contribution in [2.75, 3.05) is 23.9 Å². The van der Waals surface area contributed by atoms with Crippen molar-refractivity contribution < 1.29 is 17.9 Å². The first-order valence-corrected chi connectivity index (χ1v) is 7.73. The van der Waals surface area contributed by atoms with E-state index in [9.17, 15) is 13.2 Å². The third kappa shape index (κ3) is 3.60. The number of hydrogen-bond donors (Lipinski definition) is 2. The minimum Gasteiger partial charge on any atom is -0.495 e. The van der Waals surface area contributed by atoms with Gasteiger partial charge in [-0.1, -0.05) is 12.1 Å². The maximum Gasteiger partial charge on any atom is 0.319 e. The maximum atomic E-state index is 11.8. The Morgan fingerprint density at radius 2 is 2.11 bits per heavy atom. The number of para-hydroxylation sites is 2. The topological polar surface area (TPSA) is 84.5 Å². The fourth-order valence-corrected chi connectivity index (χ4v) is 3.67. The molecule has 2 amide bonds. The molecule has 0 aliphatic carbocycles. The van der Waals surface area contributed by atoms with Gasteiger partial charge in [0.05, 0.1) is 24.3 Å². The van der Waals surface area contributed by atoms with E-state index in [0.717, 1.165) is 0 Å². The predicted octanol–water partition coefficient (Wildman–Crippen LogP) is 1.00. The number of carbonyl (C=O) groups excluding carboxylic acids is 1. The third-order valence-electron chi connectivity index (χ3n) is 2.92. The van der Waals surface area contributed by atoms with Crippen LogP contribution in [-0.2, 0) is 9.84 Å². The second-order valence-corrected chi connectivity index (χ2v) is 6.63. The van der Waals surface area contributed by atoms with E-state index in [1.54, 1.807) is 24.3 Å². The summed E-state index contributed by atoms with van der Waals surface area (Å²) in [5.41, 5.74) is 0.545. The number of ether oxygens (including phenoxy) is 1. The predicted molar refractivity (Wildman–Crippen MR) is 72.2 cm³/mol. The molecule has 0 saturated carbocycles. The van der Waals surface area contributed by atoms with Crippen molar-refractivity contribution in [1.29, 1.82) is 0 Å². The molecule has 2 rings (SSSR count). The number of methoxy groups -OCH3 is 1. The molecule has 2 N–H and O–H groups in total. The summed E-state index contributed by atoms with van der Waals surface area (Å²) < 4.78 is 27.7. The highest BCUT2D eigenvalue weighted by Crippen LogP contribution is 2.22. The molecule has 1 heterocycles. The van der Waals surface area contributed by atoms with Crippen LogP contribution in [0.3, 0.4) is 0 Å². The summed E-state index contributed by atoms with van der Waals surface area (Å²) in [4.78, 5) is 11.8. The summed E-state index contributed by atoms with van der Waals surface area (Å²) in [5.74, 6) is 0.690. The van der Waals surface area contributed by atoms with Crippen LogP contribution in [0.4, 0.5) is 10.5 Å². The van der Waals surface area contributed by atoms with E-state index in [-0.39, 0.29) is 17.5 Å². The first-order chi connectivity index (χ1) is 9.00. The van der Waals surface area contributed by atoms with Crippen molar-refractivity contribution in [2.45, 2.75) is 12.5 Å². The van der Waals surface area contributed by atoms with Gasteiger partial charge in [-0.2, -0.15) is 0 Å². The molecule has 0 radical (unpaired) electrons. The lowest BCUT2D eigenvalue weighted by Crippen LogP contribution is -2.38. The molecule has 1 aliphatic heterocycles. The van der Waals surface area contributed by atoms with Gasteiger partial charge in [-0.05, 0) is 18.6 Å². The van der Waals surface area contributed by atoms with Gasteiger partial charge < -0.3 is 15.4 Å². The Morgan fingerprint density at radius 1 is 1.37 bits per heavy atom. The Kier molecular flexibility index (Phi) is 3.94.